The Bertz CT molecular complexity index is 670. The number of anilines is 3. The molecule has 100 valence electrons. The van der Waals surface area contributed by atoms with Gasteiger partial charge < -0.3 is 10.6 Å². The predicted molar refractivity (Wildman–Crippen MR) is 78.0 cm³/mol. The molecule has 1 aromatic heterocycles. The third kappa shape index (κ3) is 2.69. The molecule has 0 saturated heterocycles. The van der Waals surface area contributed by atoms with Gasteiger partial charge in [-0.1, -0.05) is 6.07 Å². The Hall–Kier alpha value is -2.61. The zero-order valence-corrected chi connectivity index (χ0v) is 11.2. The topological polar surface area (TPSA) is 73.6 Å². The van der Waals surface area contributed by atoms with Crippen molar-refractivity contribution in [3.63, 3.8) is 0 Å². The number of nitriles is 1. The second-order valence-electron chi connectivity index (χ2n) is 4.84. The van der Waals surface area contributed by atoms with Crippen molar-refractivity contribution in [2.45, 2.75) is 18.8 Å². The summed E-state index contributed by atoms with van der Waals surface area (Å²) in [5, 5.41) is 15.1. The Morgan fingerprint density at radius 3 is 2.80 bits per heavy atom. The fraction of sp³-hybridized carbons (Fsp3) is 0.267. The van der Waals surface area contributed by atoms with E-state index >= 15 is 0 Å². The van der Waals surface area contributed by atoms with E-state index in [9.17, 15) is 0 Å². The van der Waals surface area contributed by atoms with Crippen molar-refractivity contribution < 1.29 is 0 Å². The number of benzene rings is 1. The van der Waals surface area contributed by atoms with Crippen LogP contribution in [0.5, 0.6) is 0 Å². The Labute approximate surface area is 117 Å². The standard InChI is InChI=1S/C15H15N5/c1-17-15-19-13(11-5-6-11)8-14(20-15)18-12-4-2-3-10(7-12)9-16/h2-4,7-8,11H,5-6H2,1H3,(H2,17,18,19,20). The molecular formula is C15H15N5. The van der Waals surface area contributed by atoms with Gasteiger partial charge in [0.05, 0.1) is 17.3 Å². The second kappa shape index (κ2) is 5.17. The van der Waals surface area contributed by atoms with E-state index in [1.807, 2.05) is 25.2 Å². The van der Waals surface area contributed by atoms with Crippen LogP contribution in [0.1, 0.15) is 30.0 Å². The van der Waals surface area contributed by atoms with Crippen LogP contribution in [0.2, 0.25) is 0 Å². The first kappa shape index (κ1) is 12.4. The average molecular weight is 265 g/mol. The third-order valence-corrected chi connectivity index (χ3v) is 3.23. The molecule has 1 aliphatic rings. The van der Waals surface area contributed by atoms with Crippen LogP contribution in [0.4, 0.5) is 17.5 Å². The first-order chi connectivity index (χ1) is 9.78. The van der Waals surface area contributed by atoms with Gasteiger partial charge >= 0.3 is 0 Å². The van der Waals surface area contributed by atoms with Crippen LogP contribution in [0.25, 0.3) is 0 Å². The zero-order valence-electron chi connectivity index (χ0n) is 11.2. The van der Waals surface area contributed by atoms with Gasteiger partial charge in [-0.15, -0.1) is 0 Å². The molecule has 0 radical (unpaired) electrons. The summed E-state index contributed by atoms with van der Waals surface area (Å²) < 4.78 is 0. The minimum Gasteiger partial charge on any atom is -0.357 e. The largest absolute Gasteiger partial charge is 0.357 e. The molecular weight excluding hydrogens is 250 g/mol. The maximum absolute atomic E-state index is 8.92. The number of rotatable bonds is 4. The monoisotopic (exact) mass is 265 g/mol. The molecule has 3 rings (SSSR count). The summed E-state index contributed by atoms with van der Waals surface area (Å²) in [4.78, 5) is 8.87. The van der Waals surface area contributed by atoms with Crippen molar-refractivity contribution in [1.29, 1.82) is 5.26 Å². The van der Waals surface area contributed by atoms with Gasteiger partial charge in [0.2, 0.25) is 5.95 Å². The van der Waals surface area contributed by atoms with Gasteiger partial charge in [0.1, 0.15) is 5.82 Å². The Balaban J connectivity index is 1.89. The van der Waals surface area contributed by atoms with Crippen LogP contribution in [0, 0.1) is 11.3 Å². The van der Waals surface area contributed by atoms with Crippen molar-refractivity contribution in [2.75, 3.05) is 17.7 Å². The predicted octanol–water partition coefficient (Wildman–Crippen LogP) is 3.01. The molecule has 20 heavy (non-hydrogen) atoms. The van der Waals surface area contributed by atoms with Gasteiger partial charge in [-0.05, 0) is 31.0 Å². The van der Waals surface area contributed by atoms with Gasteiger partial charge in [0.15, 0.2) is 0 Å². The number of nitrogens with zero attached hydrogens (tertiary/aromatic N) is 3. The normalized spacial score (nSPS) is 13.6. The smallest absolute Gasteiger partial charge is 0.224 e. The van der Waals surface area contributed by atoms with E-state index in [2.05, 4.69) is 26.7 Å². The van der Waals surface area contributed by atoms with Crippen LogP contribution in [-0.4, -0.2) is 17.0 Å². The molecule has 2 N–H and O–H groups in total. The Morgan fingerprint density at radius 1 is 1.25 bits per heavy atom. The summed E-state index contributed by atoms with van der Waals surface area (Å²) in [6.45, 7) is 0. The highest BCUT2D eigenvalue weighted by molar-refractivity contribution is 5.60. The lowest BCUT2D eigenvalue weighted by molar-refractivity contribution is 0.991. The first-order valence-corrected chi connectivity index (χ1v) is 6.62. The molecule has 0 bridgehead atoms. The highest BCUT2D eigenvalue weighted by Crippen LogP contribution is 2.40. The summed E-state index contributed by atoms with van der Waals surface area (Å²) in [7, 11) is 1.81. The van der Waals surface area contributed by atoms with Crippen molar-refractivity contribution in [2.24, 2.45) is 0 Å². The highest BCUT2D eigenvalue weighted by Gasteiger charge is 2.26. The van der Waals surface area contributed by atoms with E-state index in [1.165, 1.54) is 12.8 Å². The minimum atomic E-state index is 0.566. The molecule has 1 aromatic carbocycles. The zero-order chi connectivity index (χ0) is 13.9. The molecule has 1 aliphatic carbocycles. The lowest BCUT2D eigenvalue weighted by Crippen LogP contribution is -2.03. The number of hydrogen-bond donors (Lipinski definition) is 2. The van der Waals surface area contributed by atoms with E-state index in [1.54, 1.807) is 12.1 Å². The van der Waals surface area contributed by atoms with Crippen molar-refractivity contribution in [3.8, 4) is 6.07 Å². The summed E-state index contributed by atoms with van der Waals surface area (Å²) in [5.74, 6) is 1.94. The molecule has 0 spiro atoms. The van der Waals surface area contributed by atoms with Gasteiger partial charge in [0, 0.05) is 24.7 Å². The van der Waals surface area contributed by atoms with Crippen molar-refractivity contribution >= 4 is 17.5 Å². The van der Waals surface area contributed by atoms with Crippen LogP contribution in [0.3, 0.4) is 0 Å². The molecule has 5 nitrogen and oxygen atoms in total. The van der Waals surface area contributed by atoms with E-state index in [-0.39, 0.29) is 0 Å². The van der Waals surface area contributed by atoms with Gasteiger partial charge in [0.25, 0.3) is 0 Å². The number of nitrogens with one attached hydrogen (secondary N) is 2. The Morgan fingerprint density at radius 2 is 2.10 bits per heavy atom. The fourth-order valence-electron chi connectivity index (χ4n) is 2.04. The van der Waals surface area contributed by atoms with Gasteiger partial charge in [-0.25, -0.2) is 4.98 Å². The summed E-state index contributed by atoms with van der Waals surface area (Å²) in [6, 6.07) is 11.5. The van der Waals surface area contributed by atoms with Crippen LogP contribution in [0.15, 0.2) is 30.3 Å². The number of aromatic nitrogens is 2. The van der Waals surface area contributed by atoms with E-state index in [0.717, 1.165) is 17.2 Å². The molecule has 1 saturated carbocycles. The second-order valence-corrected chi connectivity index (χ2v) is 4.84. The van der Waals surface area contributed by atoms with E-state index in [0.29, 0.717) is 17.4 Å². The summed E-state index contributed by atoms with van der Waals surface area (Å²) in [5.41, 5.74) is 2.55. The van der Waals surface area contributed by atoms with Crippen LogP contribution < -0.4 is 10.6 Å². The molecule has 2 aromatic rings. The maximum Gasteiger partial charge on any atom is 0.224 e. The highest BCUT2D eigenvalue weighted by atomic mass is 15.1. The lowest BCUT2D eigenvalue weighted by atomic mass is 10.2. The molecule has 0 unspecified atom stereocenters. The summed E-state index contributed by atoms with van der Waals surface area (Å²) >= 11 is 0. The average Bonchev–Trinajstić information content (AvgIpc) is 3.31. The number of hydrogen-bond acceptors (Lipinski definition) is 5. The van der Waals surface area contributed by atoms with Gasteiger partial charge in [-0.3, -0.25) is 0 Å². The minimum absolute atomic E-state index is 0.566. The summed E-state index contributed by atoms with van der Waals surface area (Å²) in [6.07, 6.45) is 2.40. The molecule has 0 amide bonds. The van der Waals surface area contributed by atoms with Crippen LogP contribution >= 0.6 is 0 Å². The maximum atomic E-state index is 8.92. The first-order valence-electron chi connectivity index (χ1n) is 6.62. The molecule has 5 heteroatoms. The lowest BCUT2D eigenvalue weighted by Gasteiger charge is -2.09. The van der Waals surface area contributed by atoms with Crippen LogP contribution in [-0.2, 0) is 0 Å². The molecule has 1 fully saturated rings. The Kier molecular flexibility index (Phi) is 3.21. The molecule has 1 heterocycles. The third-order valence-electron chi connectivity index (χ3n) is 3.23. The van der Waals surface area contributed by atoms with E-state index < -0.39 is 0 Å². The quantitative estimate of drug-likeness (QED) is 0.889. The SMILES string of the molecule is CNc1nc(Nc2cccc(C#N)c2)cc(C2CC2)n1. The van der Waals surface area contributed by atoms with Crippen molar-refractivity contribution in [3.05, 3.63) is 41.6 Å². The van der Waals surface area contributed by atoms with E-state index in [4.69, 9.17) is 5.26 Å². The fourth-order valence-corrected chi connectivity index (χ4v) is 2.04. The van der Waals surface area contributed by atoms with Gasteiger partial charge in [-0.2, -0.15) is 10.2 Å². The molecule has 0 aliphatic heterocycles. The molecule has 0 atom stereocenters. The van der Waals surface area contributed by atoms with Crippen molar-refractivity contribution in [1.82, 2.24) is 9.97 Å².